The van der Waals surface area contributed by atoms with E-state index in [1.54, 1.807) is 16.8 Å². The van der Waals surface area contributed by atoms with E-state index < -0.39 is 17.9 Å². The molecule has 4 rings (SSSR count). The van der Waals surface area contributed by atoms with Gasteiger partial charge < -0.3 is 0 Å². The van der Waals surface area contributed by atoms with Crippen molar-refractivity contribution in [3.8, 4) is 16.9 Å². The van der Waals surface area contributed by atoms with E-state index in [4.69, 9.17) is 5.10 Å². The Hall–Kier alpha value is -2.96. The lowest BCUT2D eigenvalue weighted by molar-refractivity contribution is 0.597. The summed E-state index contributed by atoms with van der Waals surface area (Å²) in [6, 6.07) is 26.4. The first-order valence-corrected chi connectivity index (χ1v) is 15.2. The molecule has 0 saturated carbocycles. The molecule has 0 aliphatic heterocycles. The van der Waals surface area contributed by atoms with Crippen LogP contribution in [0.2, 0.25) is 19.6 Å². The van der Waals surface area contributed by atoms with E-state index in [-0.39, 0.29) is 0 Å². The van der Waals surface area contributed by atoms with Gasteiger partial charge in [-0.1, -0.05) is 85.9 Å². The summed E-state index contributed by atoms with van der Waals surface area (Å²) in [5.74, 6) is 0. The number of hydrogen-bond acceptors (Lipinski definition) is 3. The first kappa shape index (κ1) is 21.3. The molecule has 0 spiro atoms. The van der Waals surface area contributed by atoms with Crippen LogP contribution in [0.4, 0.5) is 0 Å². The van der Waals surface area contributed by atoms with Gasteiger partial charge in [-0.05, 0) is 31.2 Å². The van der Waals surface area contributed by atoms with Crippen molar-refractivity contribution in [3.05, 3.63) is 90.5 Å². The number of rotatable bonds is 5. The number of hydrogen-bond donors (Lipinski definition) is 0. The molecule has 0 atom stereocenters. The van der Waals surface area contributed by atoms with Crippen LogP contribution in [0, 0.1) is 6.92 Å². The number of aryl methyl sites for hydroxylation is 1. The second-order valence-corrected chi connectivity index (χ2v) is 15.6. The SMILES string of the molecule is Cc1ccc(S(=O)(=O)c2c([Si](C)(C)C)nn(-c3ccccc3)c2-c2ccccc2)cc1. The van der Waals surface area contributed by atoms with Gasteiger partial charge in [-0.2, -0.15) is 5.10 Å². The van der Waals surface area contributed by atoms with Crippen LogP contribution in [-0.2, 0) is 9.84 Å². The van der Waals surface area contributed by atoms with E-state index in [0.717, 1.165) is 16.8 Å². The van der Waals surface area contributed by atoms with Gasteiger partial charge in [-0.15, -0.1) is 0 Å². The summed E-state index contributed by atoms with van der Waals surface area (Å²) in [7, 11) is -5.90. The van der Waals surface area contributed by atoms with Crippen LogP contribution < -0.4 is 5.32 Å². The van der Waals surface area contributed by atoms with Crippen LogP contribution in [0.25, 0.3) is 16.9 Å². The van der Waals surface area contributed by atoms with Crippen LogP contribution in [-0.4, -0.2) is 26.3 Å². The zero-order valence-corrected chi connectivity index (χ0v) is 20.0. The molecule has 0 amide bonds. The van der Waals surface area contributed by atoms with Crippen LogP contribution in [0.5, 0.6) is 0 Å². The number of sulfone groups is 1. The monoisotopic (exact) mass is 446 g/mol. The Morgan fingerprint density at radius 3 is 1.87 bits per heavy atom. The minimum Gasteiger partial charge on any atom is -0.232 e. The summed E-state index contributed by atoms with van der Waals surface area (Å²) in [6.45, 7) is 8.35. The summed E-state index contributed by atoms with van der Waals surface area (Å²) in [4.78, 5) is 0.618. The van der Waals surface area contributed by atoms with Gasteiger partial charge in [0.05, 0.1) is 21.6 Å². The summed E-state index contributed by atoms with van der Waals surface area (Å²) in [6.07, 6.45) is 0. The highest BCUT2D eigenvalue weighted by Crippen LogP contribution is 2.33. The van der Waals surface area contributed by atoms with Crippen LogP contribution in [0.1, 0.15) is 5.56 Å². The van der Waals surface area contributed by atoms with E-state index in [9.17, 15) is 8.42 Å². The van der Waals surface area contributed by atoms with Crippen molar-refractivity contribution in [3.63, 3.8) is 0 Å². The fourth-order valence-electron chi connectivity index (χ4n) is 3.59. The molecule has 0 fully saturated rings. The largest absolute Gasteiger partial charge is 0.232 e. The van der Waals surface area contributed by atoms with Gasteiger partial charge in [0.15, 0.2) is 0 Å². The Morgan fingerprint density at radius 2 is 1.32 bits per heavy atom. The van der Waals surface area contributed by atoms with Crippen molar-refractivity contribution in [2.24, 2.45) is 0 Å². The van der Waals surface area contributed by atoms with E-state index in [1.165, 1.54) is 0 Å². The molecule has 3 aromatic carbocycles. The molecule has 1 aromatic heterocycles. The first-order valence-electron chi connectivity index (χ1n) is 10.3. The van der Waals surface area contributed by atoms with Gasteiger partial charge in [-0.25, -0.2) is 13.1 Å². The van der Waals surface area contributed by atoms with E-state index >= 15 is 0 Å². The average molecular weight is 447 g/mol. The zero-order chi connectivity index (χ0) is 22.2. The number of nitrogens with zero attached hydrogens (tertiary/aromatic N) is 2. The zero-order valence-electron chi connectivity index (χ0n) is 18.2. The Morgan fingerprint density at radius 1 is 0.774 bits per heavy atom. The van der Waals surface area contributed by atoms with Gasteiger partial charge in [0.1, 0.15) is 13.0 Å². The molecule has 0 saturated heterocycles. The van der Waals surface area contributed by atoms with Gasteiger partial charge >= 0.3 is 0 Å². The predicted molar refractivity (Wildman–Crippen MR) is 129 cm³/mol. The van der Waals surface area contributed by atoms with Gasteiger partial charge in [-0.3, -0.25) is 0 Å². The molecule has 0 unspecified atom stereocenters. The molecule has 0 aliphatic carbocycles. The molecule has 0 radical (unpaired) electrons. The average Bonchev–Trinajstić information content (AvgIpc) is 3.17. The second kappa shape index (κ2) is 7.94. The number of benzene rings is 3. The summed E-state index contributed by atoms with van der Waals surface area (Å²) < 4.78 is 29.8. The summed E-state index contributed by atoms with van der Waals surface area (Å²) in [5.41, 5.74) is 3.30. The molecule has 0 aliphatic rings. The summed E-state index contributed by atoms with van der Waals surface area (Å²) >= 11 is 0. The molecule has 4 nitrogen and oxygen atoms in total. The van der Waals surface area contributed by atoms with Crippen molar-refractivity contribution in [2.45, 2.75) is 36.4 Å². The molecule has 158 valence electrons. The molecule has 4 aromatic rings. The lowest BCUT2D eigenvalue weighted by Gasteiger charge is -2.16. The molecule has 1 heterocycles. The maximum Gasteiger partial charge on any atom is 0.210 e. The highest BCUT2D eigenvalue weighted by Gasteiger charge is 2.36. The Kier molecular flexibility index (Phi) is 5.45. The third kappa shape index (κ3) is 4.01. The lowest BCUT2D eigenvalue weighted by Crippen LogP contribution is -2.42. The fraction of sp³-hybridized carbons (Fsp3) is 0.160. The van der Waals surface area contributed by atoms with E-state index in [0.29, 0.717) is 20.8 Å². The standard InChI is InChI=1S/C25H26N2O2SSi/c1-19-15-17-22(18-16-19)30(28,29)24-23(20-11-7-5-8-12-20)27(21-13-9-6-10-14-21)26-25(24)31(2,3)4/h5-18H,1-4H3. The molecule has 0 bridgehead atoms. The third-order valence-corrected chi connectivity index (χ3v) is 8.97. The minimum atomic E-state index is -3.78. The van der Waals surface area contributed by atoms with Crippen molar-refractivity contribution in [1.82, 2.24) is 9.78 Å². The molecule has 31 heavy (non-hydrogen) atoms. The van der Waals surface area contributed by atoms with Crippen LogP contribution in [0.15, 0.2) is 94.7 Å². The second-order valence-electron chi connectivity index (χ2n) is 8.71. The van der Waals surface area contributed by atoms with Crippen LogP contribution in [0.3, 0.4) is 0 Å². The quantitative estimate of drug-likeness (QED) is 0.395. The fourth-order valence-corrected chi connectivity index (χ4v) is 7.60. The Labute approximate surface area is 185 Å². The predicted octanol–water partition coefficient (Wildman–Crippen LogP) is 5.23. The smallest absolute Gasteiger partial charge is 0.210 e. The lowest BCUT2D eigenvalue weighted by atomic mass is 10.1. The number of aromatic nitrogens is 2. The van der Waals surface area contributed by atoms with Gasteiger partial charge in [0.25, 0.3) is 0 Å². The van der Waals surface area contributed by atoms with Gasteiger partial charge in [0.2, 0.25) is 9.84 Å². The maximum atomic E-state index is 14.0. The third-order valence-electron chi connectivity index (χ3n) is 5.20. The van der Waals surface area contributed by atoms with Crippen molar-refractivity contribution >= 4 is 23.2 Å². The minimum absolute atomic E-state index is 0.294. The molecular weight excluding hydrogens is 420 g/mol. The van der Waals surface area contributed by atoms with Gasteiger partial charge in [0, 0.05) is 5.56 Å². The topological polar surface area (TPSA) is 52.0 Å². The maximum absolute atomic E-state index is 14.0. The van der Waals surface area contributed by atoms with Crippen molar-refractivity contribution in [2.75, 3.05) is 0 Å². The molecule has 0 N–H and O–H groups in total. The molecule has 6 heteroatoms. The van der Waals surface area contributed by atoms with E-state index in [2.05, 4.69) is 19.6 Å². The van der Waals surface area contributed by atoms with E-state index in [1.807, 2.05) is 79.7 Å². The highest BCUT2D eigenvalue weighted by atomic mass is 32.2. The van der Waals surface area contributed by atoms with Crippen molar-refractivity contribution in [1.29, 1.82) is 0 Å². The normalized spacial score (nSPS) is 12.1. The molecular formula is C25H26N2O2SSi. The number of para-hydroxylation sites is 1. The first-order chi connectivity index (χ1) is 14.7. The Bertz CT molecular complexity index is 1310. The van der Waals surface area contributed by atoms with Crippen LogP contribution >= 0.6 is 0 Å². The van der Waals surface area contributed by atoms with Crippen molar-refractivity contribution < 1.29 is 8.42 Å². The Balaban J connectivity index is 2.13. The highest BCUT2D eigenvalue weighted by molar-refractivity contribution is 7.92. The summed E-state index contributed by atoms with van der Waals surface area (Å²) in [5, 5.41) is 5.63.